The molecule has 2 saturated heterocycles. The second-order valence-corrected chi connectivity index (χ2v) is 9.07. The lowest BCUT2D eigenvalue weighted by Crippen LogP contribution is -2.49. The van der Waals surface area contributed by atoms with E-state index in [0.717, 1.165) is 42.6 Å². The maximum atomic E-state index is 6.57. The van der Waals surface area contributed by atoms with E-state index in [0.29, 0.717) is 5.41 Å². The summed E-state index contributed by atoms with van der Waals surface area (Å²) in [6.45, 7) is 0.934. The van der Waals surface area contributed by atoms with Crippen LogP contribution in [0.4, 0.5) is 0 Å². The van der Waals surface area contributed by atoms with Crippen molar-refractivity contribution >= 4 is 0 Å². The Labute approximate surface area is 168 Å². The molecular formula is C25H30O3. The summed E-state index contributed by atoms with van der Waals surface area (Å²) in [6.07, 6.45) is 10.6. The van der Waals surface area contributed by atoms with Crippen LogP contribution in [0.2, 0.25) is 0 Å². The zero-order chi connectivity index (χ0) is 19.0. The van der Waals surface area contributed by atoms with Gasteiger partial charge in [-0.2, -0.15) is 0 Å². The van der Waals surface area contributed by atoms with Gasteiger partial charge in [0.2, 0.25) is 0 Å². The first kappa shape index (κ1) is 18.1. The van der Waals surface area contributed by atoms with Crippen molar-refractivity contribution in [1.82, 2.24) is 0 Å². The summed E-state index contributed by atoms with van der Waals surface area (Å²) < 4.78 is 17.9. The van der Waals surface area contributed by atoms with Gasteiger partial charge in [-0.15, -0.1) is 0 Å². The van der Waals surface area contributed by atoms with E-state index in [1.54, 1.807) is 7.11 Å². The zero-order valence-electron chi connectivity index (χ0n) is 16.8. The molecule has 0 amide bonds. The summed E-state index contributed by atoms with van der Waals surface area (Å²) in [6, 6.07) is 16.2. The molecule has 2 aliphatic carbocycles. The van der Waals surface area contributed by atoms with Crippen LogP contribution in [-0.4, -0.2) is 13.7 Å². The second-order valence-electron chi connectivity index (χ2n) is 9.07. The molecule has 0 atom stereocenters. The Bertz CT molecular complexity index is 797. The Morgan fingerprint density at radius 1 is 0.929 bits per heavy atom. The van der Waals surface area contributed by atoms with Crippen LogP contribution < -0.4 is 9.47 Å². The maximum Gasteiger partial charge on any atom is 0.127 e. The van der Waals surface area contributed by atoms with Crippen LogP contribution >= 0.6 is 0 Å². The van der Waals surface area contributed by atoms with Gasteiger partial charge in [0.15, 0.2) is 0 Å². The monoisotopic (exact) mass is 378 g/mol. The largest absolute Gasteiger partial charge is 0.497 e. The number of ether oxygens (including phenoxy) is 3. The van der Waals surface area contributed by atoms with E-state index in [2.05, 4.69) is 18.2 Å². The third-order valence-corrected chi connectivity index (χ3v) is 7.21. The van der Waals surface area contributed by atoms with Crippen molar-refractivity contribution in [2.24, 2.45) is 11.3 Å². The van der Waals surface area contributed by atoms with Crippen molar-refractivity contribution in [3.63, 3.8) is 0 Å². The number of rotatable bonds is 7. The molecule has 0 aromatic heterocycles. The number of hydrogen-bond acceptors (Lipinski definition) is 3. The van der Waals surface area contributed by atoms with Gasteiger partial charge in [0.25, 0.3) is 0 Å². The molecule has 2 aromatic rings. The first-order chi connectivity index (χ1) is 13.7. The number of hydrogen-bond donors (Lipinski definition) is 0. The molecule has 4 fully saturated rings. The number of methoxy groups -OCH3 is 1. The van der Waals surface area contributed by atoms with Crippen molar-refractivity contribution < 1.29 is 14.2 Å². The predicted molar refractivity (Wildman–Crippen MR) is 110 cm³/mol. The summed E-state index contributed by atoms with van der Waals surface area (Å²) >= 11 is 0. The van der Waals surface area contributed by atoms with E-state index in [-0.39, 0.29) is 5.60 Å². The third-order valence-electron chi connectivity index (χ3n) is 7.21. The standard InChI is InChI=1S/C25H30O3/c1-26-21-7-9-22(10-8-21)28-23-4-2-3-20(17-23)25-15-13-24(14-16-25,18-27-25)12-11-19-5-6-19/h2-4,7-10,17,19H,5-6,11-16,18H2,1H3. The summed E-state index contributed by atoms with van der Waals surface area (Å²) in [5, 5.41) is 0. The highest BCUT2D eigenvalue weighted by Gasteiger charge is 2.50. The SMILES string of the molecule is COc1ccc(Oc2cccc(C34CCC(CCC5CC5)(CC3)CO4)c2)cc1. The van der Waals surface area contributed by atoms with Gasteiger partial charge in [0, 0.05) is 0 Å². The molecule has 6 rings (SSSR count). The van der Waals surface area contributed by atoms with Gasteiger partial charge in [-0.1, -0.05) is 25.0 Å². The first-order valence-electron chi connectivity index (χ1n) is 10.8. The molecule has 0 unspecified atom stereocenters. The molecule has 0 radical (unpaired) electrons. The van der Waals surface area contributed by atoms with Gasteiger partial charge in [-0.05, 0) is 91.8 Å². The lowest BCUT2D eigenvalue weighted by molar-refractivity contribution is -0.192. The fourth-order valence-corrected chi connectivity index (χ4v) is 5.00. The fraction of sp³-hybridized carbons (Fsp3) is 0.520. The van der Waals surface area contributed by atoms with Crippen LogP contribution in [0.5, 0.6) is 17.2 Å². The van der Waals surface area contributed by atoms with Gasteiger partial charge in [-0.25, -0.2) is 0 Å². The van der Waals surface area contributed by atoms with Crippen LogP contribution in [0.1, 0.15) is 56.9 Å². The molecular weight excluding hydrogens is 348 g/mol. The number of fused-ring (bicyclic) bond motifs is 3. The van der Waals surface area contributed by atoms with Crippen molar-refractivity contribution in [1.29, 1.82) is 0 Å². The second kappa shape index (κ2) is 7.11. The van der Waals surface area contributed by atoms with Gasteiger partial charge in [-0.3, -0.25) is 0 Å². The molecule has 2 aliphatic heterocycles. The minimum atomic E-state index is -0.111. The highest BCUT2D eigenvalue weighted by molar-refractivity contribution is 5.38. The maximum absolute atomic E-state index is 6.57. The van der Waals surface area contributed by atoms with Crippen LogP contribution in [0, 0.1) is 11.3 Å². The van der Waals surface area contributed by atoms with Crippen molar-refractivity contribution in [2.75, 3.05) is 13.7 Å². The van der Waals surface area contributed by atoms with Gasteiger partial charge >= 0.3 is 0 Å². The Hall–Kier alpha value is -2.00. The van der Waals surface area contributed by atoms with Gasteiger partial charge in [0.1, 0.15) is 17.2 Å². The summed E-state index contributed by atoms with van der Waals surface area (Å²) in [5.74, 6) is 3.55. The van der Waals surface area contributed by atoms with E-state index in [9.17, 15) is 0 Å². The van der Waals surface area contributed by atoms with Crippen molar-refractivity contribution in [3.05, 3.63) is 54.1 Å². The Kier molecular flexibility index (Phi) is 4.59. The van der Waals surface area contributed by atoms with E-state index < -0.39 is 0 Å². The molecule has 2 saturated carbocycles. The normalized spacial score (nSPS) is 28.9. The van der Waals surface area contributed by atoms with Crippen LogP contribution in [0.3, 0.4) is 0 Å². The summed E-state index contributed by atoms with van der Waals surface area (Å²) in [5.41, 5.74) is 1.62. The average Bonchev–Trinajstić information content (AvgIpc) is 3.59. The van der Waals surface area contributed by atoms with Gasteiger partial charge < -0.3 is 14.2 Å². The van der Waals surface area contributed by atoms with E-state index >= 15 is 0 Å². The molecule has 0 spiro atoms. The van der Waals surface area contributed by atoms with Gasteiger partial charge in [0.05, 0.1) is 19.3 Å². The first-order valence-corrected chi connectivity index (χ1v) is 10.8. The van der Waals surface area contributed by atoms with Crippen LogP contribution in [0.15, 0.2) is 48.5 Å². The highest BCUT2D eigenvalue weighted by Crippen LogP contribution is 2.56. The Morgan fingerprint density at radius 3 is 2.32 bits per heavy atom. The predicted octanol–water partition coefficient (Wildman–Crippen LogP) is 6.46. The van der Waals surface area contributed by atoms with E-state index in [1.807, 2.05) is 30.3 Å². The smallest absolute Gasteiger partial charge is 0.127 e. The topological polar surface area (TPSA) is 27.7 Å². The number of benzene rings is 2. The average molecular weight is 379 g/mol. The Balaban J connectivity index is 1.28. The Morgan fingerprint density at radius 2 is 1.68 bits per heavy atom. The molecule has 2 heterocycles. The molecule has 2 bridgehead atoms. The molecule has 3 heteroatoms. The minimum absolute atomic E-state index is 0.111. The summed E-state index contributed by atoms with van der Waals surface area (Å²) in [4.78, 5) is 0. The van der Waals surface area contributed by atoms with Crippen LogP contribution in [-0.2, 0) is 10.3 Å². The van der Waals surface area contributed by atoms with Crippen LogP contribution in [0.25, 0.3) is 0 Å². The molecule has 148 valence electrons. The highest BCUT2D eigenvalue weighted by atomic mass is 16.5. The molecule has 3 nitrogen and oxygen atoms in total. The van der Waals surface area contributed by atoms with E-state index in [4.69, 9.17) is 14.2 Å². The lowest BCUT2D eigenvalue weighted by atomic mass is 9.62. The third kappa shape index (κ3) is 3.53. The fourth-order valence-electron chi connectivity index (χ4n) is 5.00. The van der Waals surface area contributed by atoms with E-state index in [1.165, 1.54) is 44.1 Å². The molecule has 4 aliphatic rings. The molecule has 28 heavy (non-hydrogen) atoms. The zero-order valence-corrected chi connectivity index (χ0v) is 16.8. The minimum Gasteiger partial charge on any atom is -0.497 e. The summed E-state index contributed by atoms with van der Waals surface area (Å²) in [7, 11) is 1.67. The van der Waals surface area contributed by atoms with Crippen molar-refractivity contribution in [3.8, 4) is 17.2 Å². The quantitative estimate of drug-likeness (QED) is 0.553. The molecule has 0 N–H and O–H groups in total. The lowest BCUT2D eigenvalue weighted by Gasteiger charge is -2.53. The molecule has 2 aromatic carbocycles. The van der Waals surface area contributed by atoms with Crippen molar-refractivity contribution in [2.45, 2.75) is 57.0 Å².